The fourth-order valence-corrected chi connectivity index (χ4v) is 5.19. The van der Waals surface area contributed by atoms with Crippen LogP contribution in [0.1, 0.15) is 32.1 Å². The molecular weight excluding hydrogens is 410 g/mol. The minimum absolute atomic E-state index is 0.597. The van der Waals surface area contributed by atoms with E-state index in [0.717, 1.165) is 73.8 Å². The van der Waals surface area contributed by atoms with E-state index in [1.165, 1.54) is 19.3 Å². The van der Waals surface area contributed by atoms with Gasteiger partial charge in [-0.05, 0) is 57.0 Å². The van der Waals surface area contributed by atoms with Gasteiger partial charge in [0.2, 0.25) is 0 Å². The van der Waals surface area contributed by atoms with Gasteiger partial charge < -0.3 is 19.5 Å². The second kappa shape index (κ2) is 8.41. The van der Waals surface area contributed by atoms with E-state index in [1.54, 1.807) is 6.20 Å². The van der Waals surface area contributed by atoms with Gasteiger partial charge in [0.25, 0.3) is 0 Å². The molecule has 0 unspecified atom stereocenters. The van der Waals surface area contributed by atoms with E-state index in [2.05, 4.69) is 25.4 Å². The number of aryl methyl sites for hydroxylation is 1. The van der Waals surface area contributed by atoms with Crippen LogP contribution in [-0.4, -0.2) is 62.9 Å². The molecule has 0 bridgehead atoms. The fraction of sp³-hybridized carbons (Fsp3) is 0.500. The van der Waals surface area contributed by atoms with Gasteiger partial charge in [0, 0.05) is 38.4 Å². The molecule has 7 heteroatoms. The largest absolute Gasteiger partial charge is 0.388 e. The highest BCUT2D eigenvalue weighted by Crippen LogP contribution is 2.33. The summed E-state index contributed by atoms with van der Waals surface area (Å²) in [6.45, 7) is 4.61. The van der Waals surface area contributed by atoms with Crippen LogP contribution in [0.2, 0.25) is 5.02 Å². The van der Waals surface area contributed by atoms with Crippen LogP contribution in [0.4, 0.5) is 5.82 Å². The first-order valence-electron chi connectivity index (χ1n) is 11.3. The first-order valence-corrected chi connectivity index (χ1v) is 11.7. The molecule has 0 radical (unpaired) electrons. The Balaban J connectivity index is 1.34. The second-order valence-electron chi connectivity index (χ2n) is 9.05. The Morgan fingerprint density at radius 1 is 1.06 bits per heavy atom. The lowest BCUT2D eigenvalue weighted by molar-refractivity contribution is -0.0202. The van der Waals surface area contributed by atoms with Crippen molar-refractivity contribution < 1.29 is 5.11 Å². The van der Waals surface area contributed by atoms with Gasteiger partial charge in [-0.25, -0.2) is 9.97 Å². The molecule has 0 spiro atoms. The quantitative estimate of drug-likeness (QED) is 0.663. The van der Waals surface area contributed by atoms with Crippen molar-refractivity contribution in [3.8, 4) is 11.4 Å². The van der Waals surface area contributed by atoms with Gasteiger partial charge in [0.15, 0.2) is 0 Å². The molecular formula is C24H30ClN5O. The first-order chi connectivity index (χ1) is 15.0. The van der Waals surface area contributed by atoms with Gasteiger partial charge >= 0.3 is 0 Å². The Bertz CT molecular complexity index is 1070. The Hall–Kier alpha value is -2.15. The topological polar surface area (TPSA) is 57.4 Å². The average molecular weight is 440 g/mol. The van der Waals surface area contributed by atoms with Gasteiger partial charge in [-0.1, -0.05) is 30.2 Å². The smallest absolute Gasteiger partial charge is 0.142 e. The van der Waals surface area contributed by atoms with Crippen LogP contribution in [0, 0.1) is 0 Å². The Kier molecular flexibility index (Phi) is 5.63. The number of aliphatic hydroxyl groups is 1. The summed E-state index contributed by atoms with van der Waals surface area (Å²) in [7, 11) is 2.02. The number of pyridine rings is 1. The van der Waals surface area contributed by atoms with Crippen molar-refractivity contribution in [3.63, 3.8) is 0 Å². The van der Waals surface area contributed by atoms with Crippen molar-refractivity contribution in [1.82, 2.24) is 19.4 Å². The summed E-state index contributed by atoms with van der Waals surface area (Å²) in [5.74, 6) is 1.74. The minimum atomic E-state index is -0.597. The Morgan fingerprint density at radius 3 is 2.55 bits per heavy atom. The number of para-hydroxylation sites is 2. The normalized spacial score (nSPS) is 19.8. The number of anilines is 1. The number of hydrogen-bond donors (Lipinski definition) is 1. The number of aromatic nitrogens is 3. The summed E-state index contributed by atoms with van der Waals surface area (Å²) in [5, 5.41) is 11.8. The van der Waals surface area contributed by atoms with E-state index in [1.807, 2.05) is 31.3 Å². The number of benzene rings is 1. The van der Waals surface area contributed by atoms with Crippen LogP contribution < -0.4 is 4.90 Å². The second-order valence-corrected chi connectivity index (χ2v) is 9.46. The molecule has 2 aliphatic rings. The van der Waals surface area contributed by atoms with Crippen molar-refractivity contribution in [3.05, 3.63) is 41.6 Å². The molecule has 2 fully saturated rings. The molecule has 1 aromatic carbocycles. The summed E-state index contributed by atoms with van der Waals surface area (Å²) in [6, 6.07) is 10.1. The van der Waals surface area contributed by atoms with Gasteiger partial charge in [-0.2, -0.15) is 0 Å². The van der Waals surface area contributed by atoms with Crippen molar-refractivity contribution in [1.29, 1.82) is 0 Å². The van der Waals surface area contributed by atoms with Crippen molar-refractivity contribution in [2.24, 2.45) is 7.05 Å². The lowest BCUT2D eigenvalue weighted by atomic mass is 9.90. The summed E-state index contributed by atoms with van der Waals surface area (Å²) >= 11 is 6.54. The van der Waals surface area contributed by atoms with E-state index in [0.29, 0.717) is 5.02 Å². The minimum Gasteiger partial charge on any atom is -0.388 e. The zero-order chi connectivity index (χ0) is 21.4. The zero-order valence-electron chi connectivity index (χ0n) is 18.1. The van der Waals surface area contributed by atoms with E-state index in [-0.39, 0.29) is 0 Å². The summed E-state index contributed by atoms with van der Waals surface area (Å²) in [6.07, 6.45) is 7.06. The lowest BCUT2D eigenvalue weighted by Crippen LogP contribution is -2.52. The number of likely N-dealkylation sites (tertiary alicyclic amines) is 1. The molecule has 2 aromatic heterocycles. The summed E-state index contributed by atoms with van der Waals surface area (Å²) in [4.78, 5) is 14.1. The first kappa shape index (κ1) is 20.7. The lowest BCUT2D eigenvalue weighted by Gasteiger charge is -2.42. The van der Waals surface area contributed by atoms with E-state index in [4.69, 9.17) is 16.6 Å². The number of imidazole rings is 1. The summed E-state index contributed by atoms with van der Waals surface area (Å²) < 4.78 is 2.08. The third-order valence-electron chi connectivity index (χ3n) is 6.85. The molecule has 2 saturated heterocycles. The van der Waals surface area contributed by atoms with Gasteiger partial charge in [-0.15, -0.1) is 0 Å². The molecule has 5 rings (SSSR count). The predicted molar refractivity (Wildman–Crippen MR) is 126 cm³/mol. The molecule has 0 amide bonds. The SMILES string of the molecule is Cn1c(-c2cc(N3CCC(O)(CN4CCCCC4)CC3)ncc2Cl)nc2ccccc21. The van der Waals surface area contributed by atoms with Crippen LogP contribution in [0.25, 0.3) is 22.4 Å². The van der Waals surface area contributed by atoms with E-state index in [9.17, 15) is 5.11 Å². The summed E-state index contributed by atoms with van der Waals surface area (Å²) in [5.41, 5.74) is 2.32. The molecule has 31 heavy (non-hydrogen) atoms. The standard InChI is InChI=1S/C24H30ClN5O/c1-28-21-8-4-3-7-20(21)27-23(28)18-15-22(26-16-19(18)25)30-13-9-24(31,10-14-30)17-29-11-5-2-6-12-29/h3-4,7-8,15-16,31H,2,5-6,9-14,17H2,1H3. The number of rotatable bonds is 4. The zero-order valence-corrected chi connectivity index (χ0v) is 18.9. The molecule has 0 atom stereocenters. The number of nitrogens with zero attached hydrogens (tertiary/aromatic N) is 5. The fourth-order valence-electron chi connectivity index (χ4n) is 5.00. The van der Waals surface area contributed by atoms with Gasteiger partial charge in [0.1, 0.15) is 11.6 Å². The molecule has 0 saturated carbocycles. The maximum Gasteiger partial charge on any atom is 0.142 e. The Labute approximate surface area is 188 Å². The molecule has 2 aliphatic heterocycles. The monoisotopic (exact) mass is 439 g/mol. The highest BCUT2D eigenvalue weighted by molar-refractivity contribution is 6.33. The van der Waals surface area contributed by atoms with Crippen LogP contribution >= 0.6 is 11.6 Å². The third kappa shape index (κ3) is 4.16. The van der Waals surface area contributed by atoms with Crippen molar-refractivity contribution in [2.75, 3.05) is 37.6 Å². The highest BCUT2D eigenvalue weighted by atomic mass is 35.5. The van der Waals surface area contributed by atoms with Crippen LogP contribution in [0.5, 0.6) is 0 Å². The third-order valence-corrected chi connectivity index (χ3v) is 7.15. The van der Waals surface area contributed by atoms with Crippen LogP contribution in [-0.2, 0) is 7.05 Å². The Morgan fingerprint density at radius 2 is 1.81 bits per heavy atom. The van der Waals surface area contributed by atoms with Crippen molar-refractivity contribution >= 4 is 28.5 Å². The van der Waals surface area contributed by atoms with Crippen molar-refractivity contribution in [2.45, 2.75) is 37.7 Å². The molecule has 6 nitrogen and oxygen atoms in total. The predicted octanol–water partition coefficient (Wildman–Crippen LogP) is 4.11. The van der Waals surface area contributed by atoms with Crippen LogP contribution in [0.3, 0.4) is 0 Å². The number of hydrogen-bond acceptors (Lipinski definition) is 5. The number of β-amino-alcohol motifs (C(OH)–C–C–N with tert-alkyl or cyclic N) is 1. The van der Waals surface area contributed by atoms with Gasteiger partial charge in [-0.3, -0.25) is 0 Å². The molecule has 3 aromatic rings. The maximum absolute atomic E-state index is 11.2. The molecule has 164 valence electrons. The highest BCUT2D eigenvalue weighted by Gasteiger charge is 2.35. The molecule has 4 heterocycles. The maximum atomic E-state index is 11.2. The van der Waals surface area contributed by atoms with E-state index >= 15 is 0 Å². The molecule has 1 N–H and O–H groups in total. The average Bonchev–Trinajstić information content (AvgIpc) is 3.12. The number of fused-ring (bicyclic) bond motifs is 1. The van der Waals surface area contributed by atoms with E-state index < -0.39 is 5.60 Å². The number of piperidine rings is 2. The molecule has 0 aliphatic carbocycles. The van der Waals surface area contributed by atoms with Crippen LogP contribution in [0.15, 0.2) is 36.5 Å². The number of halogens is 1. The van der Waals surface area contributed by atoms with Gasteiger partial charge in [0.05, 0.1) is 21.7 Å².